The van der Waals surface area contributed by atoms with Crippen LogP contribution in [-0.4, -0.2) is 6.98 Å². The molecule has 0 unspecified atom stereocenters. The topological polar surface area (TPSA) is 0 Å². The minimum atomic E-state index is -4.57. The molecule has 0 bridgehead atoms. The second-order valence-corrected chi connectivity index (χ2v) is 3.36. The molecule has 5 heteroatoms. The SMILES string of the molecule is F[B-](F)(F)CCC1=CCCCC1.[K+]. The average molecular weight is 216 g/mol. The molecule has 0 saturated carbocycles. The first-order valence-electron chi connectivity index (χ1n) is 4.47. The molecule has 0 spiro atoms. The number of halogens is 3. The summed E-state index contributed by atoms with van der Waals surface area (Å²) in [4.78, 5) is 0. The number of hydrogen-bond donors (Lipinski definition) is 0. The standard InChI is InChI=1S/C8H13BF3.K/c10-9(11,12)7-6-8-4-2-1-3-5-8;/h4H,1-3,5-7H2;/q-1;+1. The Labute approximate surface area is 120 Å². The minimum Gasteiger partial charge on any atom is -0.449 e. The van der Waals surface area contributed by atoms with Crippen LogP contribution in [0.1, 0.15) is 32.1 Å². The first-order chi connectivity index (χ1) is 5.58. The van der Waals surface area contributed by atoms with Gasteiger partial charge in [0.1, 0.15) is 0 Å². The Morgan fingerprint density at radius 2 is 1.92 bits per heavy atom. The molecule has 13 heavy (non-hydrogen) atoms. The fourth-order valence-electron chi connectivity index (χ4n) is 1.48. The van der Waals surface area contributed by atoms with Crippen molar-refractivity contribution >= 4 is 6.98 Å². The summed E-state index contributed by atoms with van der Waals surface area (Å²) in [6, 6.07) is 0. The summed E-state index contributed by atoms with van der Waals surface area (Å²) in [6.07, 6.45) is 5.68. The van der Waals surface area contributed by atoms with Gasteiger partial charge in [0.05, 0.1) is 0 Å². The molecular formula is C8H13BF3K. The Kier molecular flexibility index (Phi) is 7.30. The molecule has 0 N–H and O–H groups in total. The zero-order valence-corrected chi connectivity index (χ0v) is 11.2. The van der Waals surface area contributed by atoms with Gasteiger partial charge in [-0.2, -0.15) is 0 Å². The van der Waals surface area contributed by atoms with E-state index in [1.807, 2.05) is 6.08 Å². The minimum absolute atomic E-state index is 0. The van der Waals surface area contributed by atoms with Crippen molar-refractivity contribution < 1.29 is 64.3 Å². The molecule has 1 aliphatic rings. The van der Waals surface area contributed by atoms with Crippen LogP contribution in [-0.2, 0) is 0 Å². The summed E-state index contributed by atoms with van der Waals surface area (Å²) < 4.78 is 35.5. The van der Waals surface area contributed by atoms with E-state index in [0.717, 1.165) is 31.3 Å². The Hall–Kier alpha value is 1.23. The van der Waals surface area contributed by atoms with Gasteiger partial charge in [-0.25, -0.2) is 0 Å². The fourth-order valence-corrected chi connectivity index (χ4v) is 1.48. The van der Waals surface area contributed by atoms with Crippen molar-refractivity contribution in [3.8, 4) is 0 Å². The first kappa shape index (κ1) is 14.2. The normalized spacial score (nSPS) is 17.6. The molecule has 70 valence electrons. The maximum absolute atomic E-state index is 11.8. The molecule has 1 aliphatic carbocycles. The van der Waals surface area contributed by atoms with E-state index in [9.17, 15) is 12.9 Å². The second-order valence-electron chi connectivity index (χ2n) is 3.36. The van der Waals surface area contributed by atoms with Crippen molar-refractivity contribution in [1.82, 2.24) is 0 Å². The Bertz CT molecular complexity index is 177. The van der Waals surface area contributed by atoms with E-state index in [1.165, 1.54) is 0 Å². The third-order valence-corrected chi connectivity index (χ3v) is 2.18. The van der Waals surface area contributed by atoms with E-state index in [1.54, 1.807) is 0 Å². The molecule has 0 aliphatic heterocycles. The van der Waals surface area contributed by atoms with Gasteiger partial charge in [0.2, 0.25) is 0 Å². The zero-order valence-electron chi connectivity index (χ0n) is 8.03. The van der Waals surface area contributed by atoms with Gasteiger partial charge in [0, 0.05) is 0 Å². The van der Waals surface area contributed by atoms with Crippen molar-refractivity contribution in [3.63, 3.8) is 0 Å². The quantitative estimate of drug-likeness (QED) is 0.482. The van der Waals surface area contributed by atoms with Gasteiger partial charge in [0.15, 0.2) is 0 Å². The van der Waals surface area contributed by atoms with Gasteiger partial charge in [-0.1, -0.05) is 24.4 Å². The predicted octanol–water partition coefficient (Wildman–Crippen LogP) is 0.728. The summed E-state index contributed by atoms with van der Waals surface area (Å²) in [6.45, 7) is -4.57. The van der Waals surface area contributed by atoms with Crippen LogP contribution >= 0.6 is 0 Å². The van der Waals surface area contributed by atoms with E-state index in [-0.39, 0.29) is 57.8 Å². The molecule has 0 saturated heterocycles. The van der Waals surface area contributed by atoms with Crippen molar-refractivity contribution in [2.75, 3.05) is 0 Å². The van der Waals surface area contributed by atoms with Gasteiger partial charge in [-0.15, -0.1) is 0 Å². The number of allylic oxidation sites excluding steroid dienone is 2. The summed E-state index contributed by atoms with van der Waals surface area (Å²) in [5, 5.41) is 0. The van der Waals surface area contributed by atoms with E-state index in [4.69, 9.17) is 0 Å². The van der Waals surface area contributed by atoms with E-state index in [0.29, 0.717) is 0 Å². The van der Waals surface area contributed by atoms with Crippen molar-refractivity contribution in [3.05, 3.63) is 11.6 Å². The smallest absolute Gasteiger partial charge is 0.449 e. The Morgan fingerprint density at radius 1 is 1.23 bits per heavy atom. The molecule has 0 aromatic carbocycles. The molecule has 0 aromatic heterocycles. The Balaban J connectivity index is 0.00000144. The third kappa shape index (κ3) is 7.19. The number of hydrogen-bond acceptors (Lipinski definition) is 0. The zero-order chi connectivity index (χ0) is 9.03. The maximum Gasteiger partial charge on any atom is 1.00 e. The largest absolute Gasteiger partial charge is 1.00 e. The van der Waals surface area contributed by atoms with Crippen LogP contribution in [0.3, 0.4) is 0 Å². The average Bonchev–Trinajstić information content (AvgIpc) is 2.02. The van der Waals surface area contributed by atoms with Gasteiger partial charge < -0.3 is 12.9 Å². The summed E-state index contributed by atoms with van der Waals surface area (Å²) in [5.41, 5.74) is 1.01. The summed E-state index contributed by atoms with van der Waals surface area (Å²) >= 11 is 0. The molecule has 0 heterocycles. The molecule has 0 atom stereocenters. The van der Waals surface area contributed by atoms with Crippen LogP contribution in [0.2, 0.25) is 6.32 Å². The second kappa shape index (κ2) is 6.67. The molecule has 0 fully saturated rings. The van der Waals surface area contributed by atoms with E-state index < -0.39 is 13.3 Å². The van der Waals surface area contributed by atoms with E-state index >= 15 is 0 Å². The van der Waals surface area contributed by atoms with Crippen LogP contribution in [0.4, 0.5) is 12.9 Å². The Morgan fingerprint density at radius 3 is 2.38 bits per heavy atom. The van der Waals surface area contributed by atoms with Crippen molar-refractivity contribution in [2.45, 2.75) is 38.4 Å². The van der Waals surface area contributed by atoms with Gasteiger partial charge in [-0.05, 0) is 25.7 Å². The molecule has 0 nitrogen and oxygen atoms in total. The molecule has 0 radical (unpaired) electrons. The predicted molar refractivity (Wildman–Crippen MR) is 45.1 cm³/mol. The van der Waals surface area contributed by atoms with Gasteiger partial charge in [-0.3, -0.25) is 0 Å². The van der Waals surface area contributed by atoms with Crippen LogP contribution in [0.5, 0.6) is 0 Å². The van der Waals surface area contributed by atoms with Crippen LogP contribution in [0.25, 0.3) is 0 Å². The third-order valence-electron chi connectivity index (χ3n) is 2.18. The molecule has 0 amide bonds. The van der Waals surface area contributed by atoms with Gasteiger partial charge >= 0.3 is 58.4 Å². The maximum atomic E-state index is 11.8. The first-order valence-corrected chi connectivity index (χ1v) is 4.47. The summed E-state index contributed by atoms with van der Waals surface area (Å²) in [7, 11) is 0. The van der Waals surface area contributed by atoms with E-state index in [2.05, 4.69) is 0 Å². The summed E-state index contributed by atoms with van der Waals surface area (Å²) in [5.74, 6) is 0. The molecule has 1 rings (SSSR count). The van der Waals surface area contributed by atoms with Gasteiger partial charge in [0.25, 0.3) is 0 Å². The van der Waals surface area contributed by atoms with Crippen LogP contribution in [0.15, 0.2) is 11.6 Å². The van der Waals surface area contributed by atoms with Crippen molar-refractivity contribution in [2.24, 2.45) is 0 Å². The van der Waals surface area contributed by atoms with Crippen LogP contribution < -0.4 is 51.4 Å². The molecular weight excluding hydrogens is 203 g/mol. The van der Waals surface area contributed by atoms with Crippen molar-refractivity contribution in [1.29, 1.82) is 0 Å². The fraction of sp³-hybridized carbons (Fsp3) is 0.750. The van der Waals surface area contributed by atoms with Crippen LogP contribution in [0, 0.1) is 0 Å². The monoisotopic (exact) mass is 216 g/mol. The number of rotatable bonds is 3. The molecule has 0 aromatic rings.